The predicted molar refractivity (Wildman–Crippen MR) is 105 cm³/mol. The molecule has 1 saturated heterocycles. The van der Waals surface area contributed by atoms with E-state index < -0.39 is 10.0 Å². The Labute approximate surface area is 161 Å². The Morgan fingerprint density at radius 1 is 1.08 bits per heavy atom. The molecule has 0 amide bonds. The number of anilines is 2. The van der Waals surface area contributed by atoms with Gasteiger partial charge in [0.05, 0.1) is 20.7 Å². The van der Waals surface area contributed by atoms with Crippen molar-refractivity contribution < 1.29 is 8.42 Å². The number of halogens is 2. The fourth-order valence-electron chi connectivity index (χ4n) is 2.70. The van der Waals surface area contributed by atoms with Crippen molar-refractivity contribution in [1.29, 1.82) is 0 Å². The molecule has 0 saturated carbocycles. The molecule has 0 radical (unpaired) electrons. The summed E-state index contributed by atoms with van der Waals surface area (Å²) in [7, 11) is -3.64. The number of benzene rings is 2. The number of nitrogens with one attached hydrogen (secondary N) is 2. The number of hydrogen-bond donors (Lipinski definition) is 2. The zero-order chi connectivity index (χ0) is 17.9. The van der Waals surface area contributed by atoms with E-state index >= 15 is 0 Å². The van der Waals surface area contributed by atoms with Crippen LogP contribution < -0.4 is 10.1 Å². The van der Waals surface area contributed by atoms with Crippen LogP contribution >= 0.6 is 27.5 Å². The average Bonchev–Trinajstić information content (AvgIpc) is 2.59. The van der Waals surface area contributed by atoms with Crippen LogP contribution in [0, 0.1) is 0 Å². The molecule has 8 heteroatoms. The minimum Gasteiger partial charge on any atom is -0.318 e. The molecule has 25 heavy (non-hydrogen) atoms. The zero-order valence-corrected chi connectivity index (χ0v) is 16.6. The van der Waals surface area contributed by atoms with Crippen molar-refractivity contribution in [2.24, 2.45) is 0 Å². The Kier molecular flexibility index (Phi) is 5.89. The van der Waals surface area contributed by atoms with Gasteiger partial charge in [-0.25, -0.2) is 13.4 Å². The minimum atomic E-state index is -3.64. The zero-order valence-electron chi connectivity index (χ0n) is 13.5. The van der Waals surface area contributed by atoms with E-state index in [2.05, 4.69) is 31.1 Å². The molecule has 1 aliphatic rings. The molecule has 2 N–H and O–H groups in total. The molecule has 2 aromatic rings. The van der Waals surface area contributed by atoms with Crippen LogP contribution in [0.1, 0.15) is 12.8 Å². The maximum Gasteiger partial charge on any atom is 0.261 e. The molecule has 2 aromatic carbocycles. The Balaban J connectivity index is 1.79. The summed E-state index contributed by atoms with van der Waals surface area (Å²) in [5, 5.41) is 2.18. The Bertz CT molecular complexity index is 833. The molecule has 0 spiro atoms. The van der Waals surface area contributed by atoms with Crippen molar-refractivity contribution in [3.05, 3.63) is 53.0 Å². The van der Waals surface area contributed by atoms with Crippen LogP contribution in [0.25, 0.3) is 0 Å². The number of nitrogens with zero attached hydrogens (tertiary/aromatic N) is 1. The number of hydrogen-bond acceptors (Lipinski definition) is 4. The van der Waals surface area contributed by atoms with Crippen molar-refractivity contribution in [1.82, 2.24) is 5.01 Å². The topological polar surface area (TPSA) is 61.4 Å². The molecule has 3 rings (SSSR count). The van der Waals surface area contributed by atoms with Gasteiger partial charge in [-0.05, 0) is 53.0 Å². The largest absolute Gasteiger partial charge is 0.318 e. The second kappa shape index (κ2) is 7.95. The SMILES string of the molecule is O=S(=O)(Nc1cccc(NN2CCCC(Cl)C2)c1Br)c1ccccc1. The first-order valence-corrected chi connectivity index (χ1v) is 10.7. The summed E-state index contributed by atoms with van der Waals surface area (Å²) in [5.41, 5.74) is 4.58. The molecule has 1 aliphatic heterocycles. The summed E-state index contributed by atoms with van der Waals surface area (Å²) < 4.78 is 28.3. The van der Waals surface area contributed by atoms with Crippen LogP contribution in [0.5, 0.6) is 0 Å². The van der Waals surface area contributed by atoms with E-state index in [0.29, 0.717) is 10.2 Å². The maximum atomic E-state index is 12.5. The Morgan fingerprint density at radius 3 is 2.52 bits per heavy atom. The summed E-state index contributed by atoms with van der Waals surface area (Å²) in [6.45, 7) is 1.64. The third-order valence-electron chi connectivity index (χ3n) is 3.94. The normalized spacial score (nSPS) is 18.7. The minimum absolute atomic E-state index is 0.125. The van der Waals surface area contributed by atoms with Gasteiger partial charge in [-0.2, -0.15) is 0 Å². The van der Waals surface area contributed by atoms with Gasteiger partial charge in [0.25, 0.3) is 10.0 Å². The maximum absolute atomic E-state index is 12.5. The lowest BCUT2D eigenvalue weighted by Crippen LogP contribution is -2.40. The number of alkyl halides is 1. The highest BCUT2D eigenvalue weighted by molar-refractivity contribution is 9.10. The van der Waals surface area contributed by atoms with Gasteiger partial charge < -0.3 is 5.43 Å². The van der Waals surface area contributed by atoms with Crippen molar-refractivity contribution in [3.8, 4) is 0 Å². The third kappa shape index (κ3) is 4.67. The molecule has 0 aliphatic carbocycles. The molecular formula is C17H19BrClN3O2S. The highest BCUT2D eigenvalue weighted by atomic mass is 79.9. The van der Waals surface area contributed by atoms with Crippen molar-refractivity contribution >= 4 is 48.9 Å². The fraction of sp³-hybridized carbons (Fsp3) is 0.294. The van der Waals surface area contributed by atoms with Crippen molar-refractivity contribution in [3.63, 3.8) is 0 Å². The summed E-state index contributed by atoms with van der Waals surface area (Å²) in [6.07, 6.45) is 2.04. The summed E-state index contributed by atoms with van der Waals surface area (Å²) in [5.74, 6) is 0. The summed E-state index contributed by atoms with van der Waals surface area (Å²) >= 11 is 9.72. The molecule has 5 nitrogen and oxygen atoms in total. The van der Waals surface area contributed by atoms with Gasteiger partial charge in [0.2, 0.25) is 0 Å². The quantitative estimate of drug-likeness (QED) is 0.676. The molecule has 1 atom stereocenters. The number of piperidine rings is 1. The lowest BCUT2D eigenvalue weighted by Gasteiger charge is -2.31. The van der Waals surface area contributed by atoms with E-state index in [1.54, 1.807) is 42.5 Å². The predicted octanol–water partition coefficient (Wildman–Crippen LogP) is 4.28. The lowest BCUT2D eigenvalue weighted by molar-refractivity contribution is 0.277. The van der Waals surface area contributed by atoms with E-state index in [9.17, 15) is 8.42 Å². The fourth-order valence-corrected chi connectivity index (χ4v) is 4.69. The second-order valence-corrected chi connectivity index (χ2v) is 8.98. The summed E-state index contributed by atoms with van der Waals surface area (Å²) in [4.78, 5) is 0.223. The molecule has 1 heterocycles. The number of hydrazine groups is 1. The van der Waals surface area contributed by atoms with Crippen LogP contribution in [0.4, 0.5) is 11.4 Å². The number of sulfonamides is 1. The van der Waals surface area contributed by atoms with Crippen LogP contribution in [0.15, 0.2) is 57.9 Å². The lowest BCUT2D eigenvalue weighted by atomic mass is 10.1. The van der Waals surface area contributed by atoms with Gasteiger partial charge in [0.1, 0.15) is 0 Å². The molecule has 1 unspecified atom stereocenters. The summed E-state index contributed by atoms with van der Waals surface area (Å²) in [6, 6.07) is 13.7. The molecule has 1 fully saturated rings. The highest BCUT2D eigenvalue weighted by Gasteiger charge is 2.20. The molecule has 0 bridgehead atoms. The van der Waals surface area contributed by atoms with Gasteiger partial charge in [-0.15, -0.1) is 11.6 Å². The standard InChI is InChI=1S/C17H19BrClN3O2S/c18-17-15(20-22-11-5-6-13(19)12-22)9-4-10-16(17)21-25(23,24)14-7-2-1-3-8-14/h1-4,7-10,13,20-21H,5-6,11-12H2. The van der Waals surface area contributed by atoms with E-state index in [1.165, 1.54) is 0 Å². The molecular weight excluding hydrogens is 426 g/mol. The van der Waals surface area contributed by atoms with Crippen molar-refractivity contribution in [2.75, 3.05) is 23.2 Å². The van der Waals surface area contributed by atoms with Gasteiger partial charge in [0.15, 0.2) is 0 Å². The van der Waals surface area contributed by atoms with Gasteiger partial charge in [-0.3, -0.25) is 4.72 Å². The molecule has 134 valence electrons. The van der Waals surface area contributed by atoms with Crippen molar-refractivity contribution in [2.45, 2.75) is 23.1 Å². The Morgan fingerprint density at radius 2 is 1.80 bits per heavy atom. The van der Waals surface area contributed by atoms with Gasteiger partial charge in [0, 0.05) is 18.5 Å². The first kappa shape index (κ1) is 18.5. The first-order chi connectivity index (χ1) is 12.0. The molecule has 0 aromatic heterocycles. The van der Waals surface area contributed by atoms with Crippen LogP contribution in [-0.4, -0.2) is 31.9 Å². The van der Waals surface area contributed by atoms with Gasteiger partial charge >= 0.3 is 0 Å². The third-order valence-corrected chi connectivity index (χ3v) is 6.53. The van der Waals surface area contributed by atoms with E-state index in [1.807, 2.05) is 6.07 Å². The van der Waals surface area contributed by atoms with Gasteiger partial charge in [-0.1, -0.05) is 24.3 Å². The van der Waals surface area contributed by atoms with Crippen LogP contribution in [-0.2, 0) is 10.0 Å². The smallest absolute Gasteiger partial charge is 0.261 e. The van der Waals surface area contributed by atoms with Crippen LogP contribution in [0.3, 0.4) is 0 Å². The highest BCUT2D eigenvalue weighted by Crippen LogP contribution is 2.33. The Hall–Kier alpha value is -1.28. The second-order valence-electron chi connectivity index (χ2n) is 5.88. The van der Waals surface area contributed by atoms with Crippen LogP contribution in [0.2, 0.25) is 0 Å². The van der Waals surface area contributed by atoms with E-state index in [0.717, 1.165) is 31.6 Å². The monoisotopic (exact) mass is 443 g/mol. The average molecular weight is 445 g/mol. The van der Waals surface area contributed by atoms with E-state index in [-0.39, 0.29) is 10.3 Å². The first-order valence-electron chi connectivity index (χ1n) is 7.98. The van der Waals surface area contributed by atoms with E-state index in [4.69, 9.17) is 11.6 Å². The number of rotatable bonds is 5.